The van der Waals surface area contributed by atoms with Gasteiger partial charge in [-0.1, -0.05) is 137 Å². The first-order valence-corrected chi connectivity index (χ1v) is 23.3. The Morgan fingerprint density at radius 2 is 1.12 bits per heavy atom. The zero-order valence-corrected chi connectivity index (χ0v) is 36.6. The number of phosphoric acid groups is 1. The van der Waals surface area contributed by atoms with Gasteiger partial charge in [0.25, 0.3) is 0 Å². The molecular weight excluding hydrogens is 753 g/mol. The molecule has 0 radical (unpaired) electrons. The molecule has 0 saturated carbocycles. The van der Waals surface area contributed by atoms with Gasteiger partial charge in [0.05, 0.1) is 25.4 Å². The third kappa shape index (κ3) is 34.9. The summed E-state index contributed by atoms with van der Waals surface area (Å²) in [6, 6.07) is 0. The van der Waals surface area contributed by atoms with Crippen LogP contribution in [0.2, 0.25) is 0 Å². The number of hydrogen-bond donors (Lipinski definition) is 2. The summed E-state index contributed by atoms with van der Waals surface area (Å²) in [5.74, 6) is -1.01. The largest absolute Gasteiger partial charge is 0.472 e. The first kappa shape index (κ1) is 52.9. The van der Waals surface area contributed by atoms with Crippen molar-refractivity contribution in [3.05, 3.63) is 97.2 Å². The number of rotatable bonds is 38. The summed E-state index contributed by atoms with van der Waals surface area (Å²) in [6.07, 6.45) is 51.9. The van der Waals surface area contributed by atoms with Gasteiger partial charge in [-0.3, -0.25) is 18.6 Å². The van der Waals surface area contributed by atoms with Crippen LogP contribution in [0.25, 0.3) is 0 Å². The van der Waals surface area contributed by atoms with Gasteiger partial charge < -0.3 is 24.8 Å². The van der Waals surface area contributed by atoms with E-state index >= 15 is 0 Å². The number of epoxide rings is 1. The number of phosphoric ester groups is 1. The minimum atomic E-state index is -4.43. The third-order valence-corrected chi connectivity index (χ3v) is 9.86. The van der Waals surface area contributed by atoms with Gasteiger partial charge in [0.15, 0.2) is 6.10 Å². The SMILES string of the molecule is CCCCC/C=C\C/C=C\C/C=C\C/C=C\C/C=C\CCC(=O)O[C@H](COC(=O)CCCC1OC1C/C=C\C/C=C\C/C=C\CCCCC)COP(=O)(O)OCCN. The normalized spacial score (nSPS) is 17.7. The molecule has 1 aliphatic rings. The van der Waals surface area contributed by atoms with Crippen LogP contribution in [0.15, 0.2) is 97.2 Å². The number of allylic oxidation sites excluding steroid dienone is 15. The van der Waals surface area contributed by atoms with Crippen LogP contribution in [0, 0.1) is 0 Å². The lowest BCUT2D eigenvalue weighted by Gasteiger charge is -2.19. The number of nitrogens with two attached hydrogens (primary N) is 1. The maximum Gasteiger partial charge on any atom is 0.472 e. The molecule has 0 spiro atoms. The Balaban J connectivity index is 2.31. The van der Waals surface area contributed by atoms with Crippen LogP contribution in [-0.2, 0) is 37.4 Å². The minimum Gasteiger partial charge on any atom is -0.462 e. The number of esters is 2. The molecule has 11 heteroatoms. The highest BCUT2D eigenvalue weighted by molar-refractivity contribution is 7.47. The summed E-state index contributed by atoms with van der Waals surface area (Å²) in [4.78, 5) is 35.0. The summed E-state index contributed by atoms with van der Waals surface area (Å²) in [5, 5.41) is 0. The van der Waals surface area contributed by atoms with Gasteiger partial charge in [0.2, 0.25) is 0 Å². The maximum atomic E-state index is 12.6. The second-order valence-corrected chi connectivity index (χ2v) is 15.7. The van der Waals surface area contributed by atoms with Crippen LogP contribution in [0.3, 0.4) is 0 Å². The number of hydrogen-bond acceptors (Lipinski definition) is 9. The lowest BCUT2D eigenvalue weighted by Crippen LogP contribution is -2.29. The molecule has 3 unspecified atom stereocenters. The van der Waals surface area contributed by atoms with E-state index in [0.717, 1.165) is 57.8 Å². The van der Waals surface area contributed by atoms with Gasteiger partial charge in [-0.15, -0.1) is 0 Å². The van der Waals surface area contributed by atoms with Gasteiger partial charge in [0, 0.05) is 19.4 Å². The number of carbonyl (C=O) groups excluding carboxylic acids is 2. The number of unbranched alkanes of at least 4 members (excludes halogenated alkanes) is 6. The smallest absolute Gasteiger partial charge is 0.462 e. The molecule has 0 aromatic rings. The Bertz CT molecular complexity index is 1330. The average Bonchev–Trinajstić information content (AvgIpc) is 3.97. The summed E-state index contributed by atoms with van der Waals surface area (Å²) in [6.45, 7) is 3.48. The molecule has 3 N–H and O–H groups in total. The highest BCUT2D eigenvalue weighted by Crippen LogP contribution is 2.43. The van der Waals surface area contributed by atoms with Crippen molar-refractivity contribution in [1.29, 1.82) is 0 Å². The molecule has 10 nitrogen and oxygen atoms in total. The van der Waals surface area contributed by atoms with E-state index in [1.165, 1.54) is 44.9 Å². The van der Waals surface area contributed by atoms with E-state index in [1.54, 1.807) is 0 Å². The summed E-state index contributed by atoms with van der Waals surface area (Å²) in [5.41, 5.74) is 5.34. The molecule has 0 aromatic heterocycles. The summed E-state index contributed by atoms with van der Waals surface area (Å²) >= 11 is 0. The maximum absolute atomic E-state index is 12.6. The zero-order valence-electron chi connectivity index (χ0n) is 35.7. The van der Waals surface area contributed by atoms with Crippen molar-refractivity contribution < 1.29 is 42.3 Å². The Hall–Kier alpha value is -3.11. The van der Waals surface area contributed by atoms with E-state index in [-0.39, 0.29) is 44.8 Å². The molecular formula is C47H76NO9P. The van der Waals surface area contributed by atoms with Gasteiger partial charge in [-0.25, -0.2) is 4.57 Å². The fraction of sp³-hybridized carbons (Fsp3) is 0.617. The molecule has 4 atom stereocenters. The van der Waals surface area contributed by atoms with Crippen LogP contribution in [0.5, 0.6) is 0 Å². The van der Waals surface area contributed by atoms with Crippen molar-refractivity contribution in [3.8, 4) is 0 Å². The standard InChI is InChI=1S/C47H76NO9P/c1-3-5-7-9-11-13-15-17-18-19-20-21-22-23-25-27-29-31-33-37-47(50)56-43(42-55-58(51,52)54-40-39-48)41-53-46(49)38-34-36-45-44(57-45)35-32-30-28-26-24-16-14-12-10-8-6-4-2/h11-14,17-18,20-21,23-26,29-32,43-45H,3-10,15-16,19,22,27-28,33-42,48H2,1-2H3,(H,51,52)/b13-11-,14-12-,18-17-,21-20-,25-23-,26-24-,31-29-,32-30-/t43-,44?,45?/m1/s1. The van der Waals surface area contributed by atoms with Crippen LogP contribution >= 0.6 is 7.82 Å². The fourth-order valence-electron chi connectivity index (χ4n) is 5.53. The molecule has 0 aromatic carbocycles. The van der Waals surface area contributed by atoms with Crippen LogP contribution < -0.4 is 5.73 Å². The number of carbonyl (C=O) groups is 2. The summed E-state index contributed by atoms with van der Waals surface area (Å²) < 4.78 is 38.4. The minimum absolute atomic E-state index is 0.0262. The summed E-state index contributed by atoms with van der Waals surface area (Å²) in [7, 11) is -4.43. The fourth-order valence-corrected chi connectivity index (χ4v) is 6.29. The topological polar surface area (TPSA) is 147 Å². The Morgan fingerprint density at radius 1 is 0.621 bits per heavy atom. The molecule has 1 aliphatic heterocycles. The molecule has 328 valence electrons. The van der Waals surface area contributed by atoms with E-state index < -0.39 is 32.5 Å². The van der Waals surface area contributed by atoms with E-state index in [0.29, 0.717) is 12.8 Å². The highest BCUT2D eigenvalue weighted by Gasteiger charge is 2.36. The van der Waals surface area contributed by atoms with Gasteiger partial charge in [-0.05, 0) is 89.9 Å². The second-order valence-electron chi connectivity index (χ2n) is 14.2. The van der Waals surface area contributed by atoms with Gasteiger partial charge in [0.1, 0.15) is 6.61 Å². The van der Waals surface area contributed by atoms with E-state index in [4.69, 9.17) is 29.0 Å². The van der Waals surface area contributed by atoms with E-state index in [9.17, 15) is 19.0 Å². The van der Waals surface area contributed by atoms with Gasteiger partial charge >= 0.3 is 19.8 Å². The van der Waals surface area contributed by atoms with Crippen LogP contribution in [0.4, 0.5) is 0 Å². The van der Waals surface area contributed by atoms with E-state index in [2.05, 4.69) is 98.9 Å². The van der Waals surface area contributed by atoms with Crippen molar-refractivity contribution in [2.45, 2.75) is 161 Å². The van der Waals surface area contributed by atoms with Gasteiger partial charge in [-0.2, -0.15) is 0 Å². The van der Waals surface area contributed by atoms with Crippen molar-refractivity contribution in [2.24, 2.45) is 5.73 Å². The highest BCUT2D eigenvalue weighted by atomic mass is 31.2. The number of ether oxygens (including phenoxy) is 3. The van der Waals surface area contributed by atoms with Crippen LogP contribution in [0.1, 0.15) is 142 Å². The lowest BCUT2D eigenvalue weighted by molar-refractivity contribution is -0.161. The van der Waals surface area contributed by atoms with E-state index in [1.807, 2.05) is 12.2 Å². The quantitative estimate of drug-likeness (QED) is 0.0203. The van der Waals surface area contributed by atoms with Crippen molar-refractivity contribution in [3.63, 3.8) is 0 Å². The molecule has 0 amide bonds. The average molecular weight is 830 g/mol. The Morgan fingerprint density at radius 3 is 1.64 bits per heavy atom. The lowest BCUT2D eigenvalue weighted by atomic mass is 10.1. The van der Waals surface area contributed by atoms with Crippen molar-refractivity contribution in [2.75, 3.05) is 26.4 Å². The first-order chi connectivity index (χ1) is 28.3. The second kappa shape index (κ2) is 38.1. The molecule has 58 heavy (non-hydrogen) atoms. The van der Waals surface area contributed by atoms with Crippen LogP contribution in [-0.4, -0.2) is 61.5 Å². The zero-order chi connectivity index (χ0) is 42.2. The van der Waals surface area contributed by atoms with Crippen molar-refractivity contribution in [1.82, 2.24) is 0 Å². The Kier molecular flexibility index (Phi) is 34.8. The molecule has 1 rings (SSSR count). The molecule has 0 aliphatic carbocycles. The molecule has 1 fully saturated rings. The molecule has 0 bridgehead atoms. The first-order valence-electron chi connectivity index (χ1n) is 21.8. The molecule has 1 heterocycles. The Labute approximate surface area is 351 Å². The monoisotopic (exact) mass is 830 g/mol. The predicted octanol–water partition coefficient (Wildman–Crippen LogP) is 11.6. The molecule has 1 saturated heterocycles. The third-order valence-electron chi connectivity index (χ3n) is 8.88. The predicted molar refractivity (Wildman–Crippen MR) is 237 cm³/mol. The van der Waals surface area contributed by atoms with Crippen molar-refractivity contribution >= 4 is 19.8 Å².